The number of nitrogens with zero attached hydrogens (tertiary/aromatic N) is 11. The van der Waals surface area contributed by atoms with E-state index in [0.717, 1.165) is 113 Å². The van der Waals surface area contributed by atoms with Crippen molar-refractivity contribution >= 4 is 65.4 Å². The fourth-order valence-corrected chi connectivity index (χ4v) is 16.8. The van der Waals surface area contributed by atoms with Crippen LogP contribution in [0.3, 0.4) is 0 Å². The van der Waals surface area contributed by atoms with Crippen molar-refractivity contribution in [1.29, 1.82) is 0 Å². The van der Waals surface area contributed by atoms with Crippen molar-refractivity contribution in [1.82, 2.24) is 53.6 Å². The molecule has 11 heteroatoms. The summed E-state index contributed by atoms with van der Waals surface area (Å²) in [6.45, 7) is 0. The molecule has 578 valence electrons. The van der Waals surface area contributed by atoms with Crippen LogP contribution in [0.25, 0.3) is 206 Å². The van der Waals surface area contributed by atoms with E-state index in [1.807, 2.05) is 134 Å². The Balaban J connectivity index is 0.000000115. The maximum absolute atomic E-state index is 5.02. The third-order valence-electron chi connectivity index (χ3n) is 22.7. The van der Waals surface area contributed by atoms with Gasteiger partial charge in [0.2, 0.25) is 0 Å². The van der Waals surface area contributed by atoms with E-state index >= 15 is 0 Å². The van der Waals surface area contributed by atoms with Crippen molar-refractivity contribution in [2.45, 2.75) is 0 Å². The Morgan fingerprint density at radius 1 is 0.138 bits per heavy atom. The third kappa shape index (κ3) is 14.8. The van der Waals surface area contributed by atoms with Crippen LogP contribution in [0.15, 0.2) is 455 Å². The molecular formula is C112H75N11. The van der Waals surface area contributed by atoms with Gasteiger partial charge in [0, 0.05) is 90.9 Å². The van der Waals surface area contributed by atoms with E-state index in [1.165, 1.54) is 87.7 Å². The van der Waals surface area contributed by atoms with Crippen molar-refractivity contribution in [3.8, 4) is 141 Å². The monoisotopic (exact) mass is 1570 g/mol. The Morgan fingerprint density at radius 2 is 0.390 bits per heavy atom. The summed E-state index contributed by atoms with van der Waals surface area (Å²) in [6.07, 6.45) is 7.20. The summed E-state index contributed by atoms with van der Waals surface area (Å²) in [5.41, 5.74) is 31.3. The highest BCUT2D eigenvalue weighted by Gasteiger charge is 2.21. The Labute approximate surface area is 710 Å². The molecule has 0 radical (unpaired) electrons. The summed E-state index contributed by atoms with van der Waals surface area (Å²) in [4.78, 5) is 38.0. The standard InChI is InChI=1S/C45H30N4.C34H23N3.C33H22N4/c1-4-12-31(13-5-1)35-21-25-43-38(28-35)39-29-36(32-14-6-2-7-15-32)22-26-44(39)49(43)37-23-19-33(20-24-37)41-30-42(40-18-10-11-27-46-40)48-45(47-41)34-16-8-3-9-17-34;1-2-10-25(11-3-1)31-22-26(23-32(36-31)30-14-8-9-21-35-30)24-17-19-27(20-18-24)37-33-15-6-4-12-28(33)29-13-5-7-16-34(29)37;1-3-13-32-26(9-1)27-10-2-4-14-33(27)37(32)25-17-15-23(16-18-25)24-21-30(28-11-5-7-19-34-28)36-31(22-24)29-12-6-8-20-35-29/h1-30H;1-23H;1-22H. The smallest absolute Gasteiger partial charge is 0.160 e. The van der Waals surface area contributed by atoms with Gasteiger partial charge in [0.05, 0.1) is 90.0 Å². The summed E-state index contributed by atoms with van der Waals surface area (Å²) in [5, 5.41) is 7.50. The van der Waals surface area contributed by atoms with Gasteiger partial charge in [-0.25, -0.2) is 19.9 Å². The minimum atomic E-state index is 0.675. The van der Waals surface area contributed by atoms with Gasteiger partial charge in [-0.1, -0.05) is 267 Å². The molecule has 0 unspecified atom stereocenters. The van der Waals surface area contributed by atoms with E-state index in [2.05, 4.69) is 337 Å². The largest absolute Gasteiger partial charge is 0.309 e. The molecule has 0 fully saturated rings. The quantitative estimate of drug-likeness (QED) is 0.106. The first-order valence-corrected chi connectivity index (χ1v) is 41.2. The minimum Gasteiger partial charge on any atom is -0.309 e. The van der Waals surface area contributed by atoms with Crippen LogP contribution >= 0.6 is 0 Å². The number of aromatic nitrogens is 11. The molecule has 0 spiro atoms. The first-order chi connectivity index (χ1) is 61.0. The van der Waals surface area contributed by atoms with Gasteiger partial charge in [0.15, 0.2) is 5.82 Å². The van der Waals surface area contributed by atoms with Crippen molar-refractivity contribution in [2.24, 2.45) is 0 Å². The highest BCUT2D eigenvalue weighted by Crippen LogP contribution is 2.41. The number of hydrogen-bond donors (Lipinski definition) is 0. The number of hydrogen-bond acceptors (Lipinski definition) is 8. The molecule has 0 aliphatic heterocycles. The van der Waals surface area contributed by atoms with Crippen LogP contribution < -0.4 is 0 Å². The van der Waals surface area contributed by atoms with Gasteiger partial charge in [-0.2, -0.15) is 0 Å². The molecule has 11 nitrogen and oxygen atoms in total. The topological polar surface area (TPSA) is 118 Å². The molecule has 0 aliphatic rings. The molecule has 10 aromatic heterocycles. The molecule has 0 bridgehead atoms. The van der Waals surface area contributed by atoms with Crippen LogP contribution in [0, 0.1) is 0 Å². The van der Waals surface area contributed by atoms with Gasteiger partial charge in [0.1, 0.15) is 0 Å². The Morgan fingerprint density at radius 3 is 0.748 bits per heavy atom. The molecule has 0 N–H and O–H groups in total. The van der Waals surface area contributed by atoms with Crippen molar-refractivity contribution in [3.05, 3.63) is 455 Å². The van der Waals surface area contributed by atoms with Crippen LogP contribution in [0.4, 0.5) is 0 Å². The first kappa shape index (κ1) is 73.8. The Bertz CT molecular complexity index is 7070. The Hall–Kier alpha value is -16.8. The first-order valence-electron chi connectivity index (χ1n) is 41.2. The summed E-state index contributed by atoms with van der Waals surface area (Å²) in [6, 6.07) is 150. The highest BCUT2D eigenvalue weighted by molar-refractivity contribution is 6.13. The van der Waals surface area contributed by atoms with Crippen LogP contribution in [-0.2, 0) is 0 Å². The van der Waals surface area contributed by atoms with E-state index in [1.54, 1.807) is 18.6 Å². The van der Waals surface area contributed by atoms with E-state index in [9.17, 15) is 0 Å². The average molecular weight is 1570 g/mol. The van der Waals surface area contributed by atoms with Gasteiger partial charge in [-0.3, -0.25) is 19.9 Å². The van der Waals surface area contributed by atoms with Gasteiger partial charge in [-0.15, -0.1) is 0 Å². The molecule has 0 saturated carbocycles. The SMILES string of the molecule is c1ccc(-c2cc(-c3ccc(-n4c5ccccc5c5ccccc54)cc3)cc(-c3ccccn3)n2)cc1.c1ccc(-c2cc(-c3ccc(-n4c5ccccc5c5ccccc54)cc3)cc(-c3ccccn3)n2)nc1.c1ccc(-c2ccc3c(c2)c2cc(-c4ccccc4)ccc2n3-c2ccc(-c3cc(-c4ccccn4)nc(-c4ccccc4)n3)cc2)cc1. The molecule has 0 amide bonds. The van der Waals surface area contributed by atoms with E-state index in [0.29, 0.717) is 5.82 Å². The highest BCUT2D eigenvalue weighted by atomic mass is 15.0. The molecule has 13 aromatic carbocycles. The lowest BCUT2D eigenvalue weighted by molar-refractivity contribution is 1.16. The second-order valence-electron chi connectivity index (χ2n) is 30.2. The molecule has 23 rings (SSSR count). The molecule has 10 heterocycles. The second kappa shape index (κ2) is 33.0. The van der Waals surface area contributed by atoms with E-state index in [-0.39, 0.29) is 0 Å². The zero-order valence-corrected chi connectivity index (χ0v) is 66.7. The lowest BCUT2D eigenvalue weighted by Crippen LogP contribution is -1.97. The normalized spacial score (nSPS) is 11.3. The zero-order valence-electron chi connectivity index (χ0n) is 66.7. The fraction of sp³-hybridized carbons (Fsp3) is 0. The van der Waals surface area contributed by atoms with Gasteiger partial charge in [0.25, 0.3) is 0 Å². The maximum atomic E-state index is 5.02. The van der Waals surface area contributed by atoms with Crippen LogP contribution in [0.5, 0.6) is 0 Å². The van der Waals surface area contributed by atoms with Gasteiger partial charge >= 0.3 is 0 Å². The fourth-order valence-electron chi connectivity index (χ4n) is 16.8. The minimum absolute atomic E-state index is 0.675. The molecular weight excluding hydrogens is 1500 g/mol. The third-order valence-corrected chi connectivity index (χ3v) is 22.7. The number of fused-ring (bicyclic) bond motifs is 9. The van der Waals surface area contributed by atoms with Gasteiger partial charge < -0.3 is 13.7 Å². The van der Waals surface area contributed by atoms with Crippen LogP contribution in [0.1, 0.15) is 0 Å². The number of rotatable bonds is 14. The predicted octanol–water partition coefficient (Wildman–Crippen LogP) is 27.8. The van der Waals surface area contributed by atoms with Crippen molar-refractivity contribution < 1.29 is 0 Å². The van der Waals surface area contributed by atoms with Crippen LogP contribution in [-0.4, -0.2) is 53.6 Å². The van der Waals surface area contributed by atoms with E-state index in [4.69, 9.17) is 19.9 Å². The zero-order chi connectivity index (χ0) is 81.8. The number of benzene rings is 13. The predicted molar refractivity (Wildman–Crippen MR) is 504 cm³/mol. The molecule has 123 heavy (non-hydrogen) atoms. The lowest BCUT2D eigenvalue weighted by Gasteiger charge is -2.12. The summed E-state index contributed by atoms with van der Waals surface area (Å²) < 4.78 is 7.04. The molecule has 0 atom stereocenters. The summed E-state index contributed by atoms with van der Waals surface area (Å²) in [7, 11) is 0. The summed E-state index contributed by atoms with van der Waals surface area (Å²) >= 11 is 0. The van der Waals surface area contributed by atoms with Crippen LogP contribution in [0.2, 0.25) is 0 Å². The van der Waals surface area contributed by atoms with Crippen molar-refractivity contribution in [3.63, 3.8) is 0 Å². The summed E-state index contributed by atoms with van der Waals surface area (Å²) in [5.74, 6) is 0.675. The average Bonchev–Trinajstić information content (AvgIpc) is 1.68. The number of para-hydroxylation sites is 4. The van der Waals surface area contributed by atoms with Gasteiger partial charge in [-0.05, 0) is 208 Å². The molecule has 0 saturated heterocycles. The van der Waals surface area contributed by atoms with E-state index < -0.39 is 0 Å². The molecule has 0 aliphatic carbocycles. The lowest BCUT2D eigenvalue weighted by atomic mass is 10.0. The number of pyridine rings is 6. The molecule has 23 aromatic rings. The second-order valence-corrected chi connectivity index (χ2v) is 30.2. The Kier molecular flexibility index (Phi) is 19.8. The van der Waals surface area contributed by atoms with Crippen molar-refractivity contribution in [2.75, 3.05) is 0 Å². The maximum Gasteiger partial charge on any atom is 0.160 e.